The van der Waals surface area contributed by atoms with Crippen molar-refractivity contribution in [2.75, 3.05) is 18.0 Å². The van der Waals surface area contributed by atoms with Crippen LogP contribution in [0.2, 0.25) is 0 Å². The number of fused-ring (bicyclic) bond motifs is 3. The van der Waals surface area contributed by atoms with Gasteiger partial charge in [0.05, 0.1) is 22.2 Å². The number of benzene rings is 2. The Morgan fingerprint density at radius 1 is 0.750 bits per heavy atom. The minimum absolute atomic E-state index is 1.03. The third-order valence-electron chi connectivity index (χ3n) is 4.98. The van der Waals surface area contributed by atoms with Crippen LogP contribution in [0.5, 0.6) is 0 Å². The molecule has 5 rings (SSSR count). The molecule has 1 fully saturated rings. The smallest absolute Gasteiger partial charge is 0.0950 e. The van der Waals surface area contributed by atoms with Gasteiger partial charge in [0, 0.05) is 30.5 Å². The second kappa shape index (κ2) is 5.38. The van der Waals surface area contributed by atoms with E-state index in [1.165, 1.54) is 37.2 Å². The first kappa shape index (κ1) is 13.6. The van der Waals surface area contributed by atoms with Gasteiger partial charge < -0.3 is 9.30 Å². The van der Waals surface area contributed by atoms with Gasteiger partial charge in [0.25, 0.3) is 0 Å². The molecule has 1 saturated heterocycles. The lowest BCUT2D eigenvalue weighted by Gasteiger charge is -2.18. The van der Waals surface area contributed by atoms with Crippen molar-refractivity contribution in [3.63, 3.8) is 0 Å². The Kier molecular flexibility index (Phi) is 3.05. The summed E-state index contributed by atoms with van der Waals surface area (Å²) >= 11 is 0. The standard InChI is InChI=1S/C21H19N3/c1-2-7-19-18(6-1)22-21(20-8-5-15-24(19)20)16-9-11-17(12-10-16)23-13-3-4-14-23/h1-2,5-12,15H,3-4,13-14H2. The van der Waals surface area contributed by atoms with Gasteiger partial charge >= 0.3 is 0 Å². The average molecular weight is 313 g/mol. The van der Waals surface area contributed by atoms with E-state index in [0.29, 0.717) is 0 Å². The molecule has 0 unspecified atom stereocenters. The molecule has 0 bridgehead atoms. The van der Waals surface area contributed by atoms with Gasteiger partial charge in [-0.3, -0.25) is 0 Å². The number of aromatic nitrogens is 2. The van der Waals surface area contributed by atoms with Crippen molar-refractivity contribution in [1.29, 1.82) is 0 Å². The molecule has 0 saturated carbocycles. The molecule has 0 N–H and O–H groups in total. The molecule has 24 heavy (non-hydrogen) atoms. The van der Waals surface area contributed by atoms with Crippen molar-refractivity contribution in [1.82, 2.24) is 9.38 Å². The highest BCUT2D eigenvalue weighted by Gasteiger charge is 2.13. The Labute approximate surface area is 141 Å². The highest BCUT2D eigenvalue weighted by atomic mass is 15.1. The van der Waals surface area contributed by atoms with Gasteiger partial charge in [-0.15, -0.1) is 0 Å². The summed E-state index contributed by atoms with van der Waals surface area (Å²) in [6.45, 7) is 2.35. The quantitative estimate of drug-likeness (QED) is 0.532. The minimum atomic E-state index is 1.03. The lowest BCUT2D eigenvalue weighted by Crippen LogP contribution is -2.17. The molecular weight excluding hydrogens is 294 g/mol. The highest BCUT2D eigenvalue weighted by molar-refractivity contribution is 5.87. The summed E-state index contributed by atoms with van der Waals surface area (Å²) in [5.41, 5.74) is 6.87. The Hall–Kier alpha value is -2.81. The lowest BCUT2D eigenvalue weighted by molar-refractivity contribution is 0.949. The third kappa shape index (κ3) is 2.08. The second-order valence-electron chi connectivity index (χ2n) is 6.45. The van der Waals surface area contributed by atoms with E-state index < -0.39 is 0 Å². The first-order valence-corrected chi connectivity index (χ1v) is 8.61. The third-order valence-corrected chi connectivity index (χ3v) is 4.98. The van der Waals surface area contributed by atoms with E-state index >= 15 is 0 Å². The molecule has 3 nitrogen and oxygen atoms in total. The summed E-state index contributed by atoms with van der Waals surface area (Å²) in [5.74, 6) is 0. The molecule has 0 radical (unpaired) electrons. The van der Waals surface area contributed by atoms with Crippen LogP contribution in [-0.4, -0.2) is 22.5 Å². The summed E-state index contributed by atoms with van der Waals surface area (Å²) in [6, 6.07) is 21.4. The lowest BCUT2D eigenvalue weighted by atomic mass is 10.1. The van der Waals surface area contributed by atoms with Crippen molar-refractivity contribution >= 4 is 22.2 Å². The van der Waals surface area contributed by atoms with Gasteiger partial charge in [-0.1, -0.05) is 24.3 Å². The van der Waals surface area contributed by atoms with Crippen LogP contribution in [0.25, 0.3) is 27.8 Å². The molecule has 3 heterocycles. The van der Waals surface area contributed by atoms with Crippen LogP contribution in [0.15, 0.2) is 66.9 Å². The van der Waals surface area contributed by atoms with Crippen molar-refractivity contribution in [3.05, 3.63) is 66.9 Å². The maximum Gasteiger partial charge on any atom is 0.0950 e. The SMILES string of the molecule is c1ccc2c(c1)nc(-c1ccc(N3CCCC3)cc1)c1cccn12. The number of nitrogens with zero attached hydrogens (tertiary/aromatic N) is 3. The van der Waals surface area contributed by atoms with Gasteiger partial charge in [-0.2, -0.15) is 0 Å². The molecule has 3 heteroatoms. The van der Waals surface area contributed by atoms with Gasteiger partial charge in [0.15, 0.2) is 0 Å². The number of para-hydroxylation sites is 2. The summed E-state index contributed by atoms with van der Waals surface area (Å²) in [6.07, 6.45) is 4.72. The molecule has 0 aliphatic carbocycles. The molecule has 0 amide bonds. The summed E-state index contributed by atoms with van der Waals surface area (Å²) < 4.78 is 2.23. The Balaban J connectivity index is 1.66. The largest absolute Gasteiger partial charge is 0.372 e. The zero-order chi connectivity index (χ0) is 15.9. The highest BCUT2D eigenvalue weighted by Crippen LogP contribution is 2.29. The van der Waals surface area contributed by atoms with E-state index in [9.17, 15) is 0 Å². The van der Waals surface area contributed by atoms with E-state index in [2.05, 4.69) is 70.1 Å². The molecule has 4 aromatic rings. The predicted octanol–water partition coefficient (Wildman–Crippen LogP) is 4.75. The van der Waals surface area contributed by atoms with Crippen LogP contribution in [-0.2, 0) is 0 Å². The first-order chi connectivity index (χ1) is 11.9. The molecule has 1 aliphatic rings. The molecule has 118 valence electrons. The molecule has 0 spiro atoms. The maximum atomic E-state index is 4.94. The normalized spacial score (nSPS) is 14.8. The van der Waals surface area contributed by atoms with E-state index in [1.807, 2.05) is 6.07 Å². The monoisotopic (exact) mass is 313 g/mol. The van der Waals surface area contributed by atoms with Crippen molar-refractivity contribution < 1.29 is 0 Å². The number of hydrogen-bond donors (Lipinski definition) is 0. The van der Waals surface area contributed by atoms with Gasteiger partial charge in [-0.25, -0.2) is 4.98 Å². The summed E-state index contributed by atoms with van der Waals surface area (Å²) in [5, 5.41) is 0. The molecule has 2 aromatic carbocycles. The molecule has 2 aromatic heterocycles. The van der Waals surface area contributed by atoms with E-state index in [-0.39, 0.29) is 0 Å². The first-order valence-electron chi connectivity index (χ1n) is 8.61. The fraction of sp³-hybridized carbons (Fsp3) is 0.190. The Morgan fingerprint density at radius 2 is 1.50 bits per heavy atom. The predicted molar refractivity (Wildman–Crippen MR) is 99.6 cm³/mol. The molecule has 0 atom stereocenters. The Bertz CT molecular complexity index is 1010. The zero-order valence-electron chi connectivity index (χ0n) is 13.5. The van der Waals surface area contributed by atoms with Crippen LogP contribution in [0.3, 0.4) is 0 Å². The maximum absolute atomic E-state index is 4.94. The Morgan fingerprint density at radius 3 is 2.33 bits per heavy atom. The van der Waals surface area contributed by atoms with Crippen LogP contribution in [0.4, 0.5) is 5.69 Å². The van der Waals surface area contributed by atoms with Crippen LogP contribution in [0, 0.1) is 0 Å². The van der Waals surface area contributed by atoms with Gasteiger partial charge in [-0.05, 0) is 49.2 Å². The average Bonchev–Trinajstić information content (AvgIpc) is 3.33. The van der Waals surface area contributed by atoms with Crippen LogP contribution in [0.1, 0.15) is 12.8 Å². The van der Waals surface area contributed by atoms with Gasteiger partial charge in [0.1, 0.15) is 0 Å². The van der Waals surface area contributed by atoms with Crippen molar-refractivity contribution in [3.8, 4) is 11.3 Å². The number of rotatable bonds is 2. The molecular formula is C21H19N3. The number of anilines is 1. The molecule has 1 aliphatic heterocycles. The van der Waals surface area contributed by atoms with Crippen LogP contribution < -0.4 is 4.90 Å². The minimum Gasteiger partial charge on any atom is -0.372 e. The fourth-order valence-corrected chi connectivity index (χ4v) is 3.74. The second-order valence-corrected chi connectivity index (χ2v) is 6.45. The van der Waals surface area contributed by atoms with E-state index in [0.717, 1.165) is 22.2 Å². The zero-order valence-corrected chi connectivity index (χ0v) is 13.5. The fourth-order valence-electron chi connectivity index (χ4n) is 3.74. The van der Waals surface area contributed by atoms with E-state index in [1.54, 1.807) is 0 Å². The van der Waals surface area contributed by atoms with Crippen molar-refractivity contribution in [2.24, 2.45) is 0 Å². The van der Waals surface area contributed by atoms with Crippen molar-refractivity contribution in [2.45, 2.75) is 12.8 Å². The van der Waals surface area contributed by atoms with E-state index in [4.69, 9.17) is 4.98 Å². The van der Waals surface area contributed by atoms with Gasteiger partial charge in [0.2, 0.25) is 0 Å². The summed E-state index contributed by atoms with van der Waals surface area (Å²) in [7, 11) is 0. The topological polar surface area (TPSA) is 20.5 Å². The summed E-state index contributed by atoms with van der Waals surface area (Å²) in [4.78, 5) is 7.40. The number of hydrogen-bond acceptors (Lipinski definition) is 2. The van der Waals surface area contributed by atoms with Crippen LogP contribution >= 0.6 is 0 Å².